The summed E-state index contributed by atoms with van der Waals surface area (Å²) < 4.78 is 2.04. The van der Waals surface area contributed by atoms with Gasteiger partial charge in [-0.15, -0.1) is 10.2 Å². The number of likely N-dealkylation sites (tertiary alicyclic amines) is 1. The Bertz CT molecular complexity index is 948. The molecule has 7 heteroatoms. The van der Waals surface area contributed by atoms with Crippen LogP contribution in [0.25, 0.3) is 5.65 Å². The highest BCUT2D eigenvalue weighted by Crippen LogP contribution is 2.28. The first-order valence-corrected chi connectivity index (χ1v) is 9.39. The summed E-state index contributed by atoms with van der Waals surface area (Å²) in [6.07, 6.45) is 4.06. The Balaban J connectivity index is 1.41. The van der Waals surface area contributed by atoms with Gasteiger partial charge in [-0.25, -0.2) is 0 Å². The highest BCUT2D eigenvalue weighted by molar-refractivity contribution is 6.35. The highest BCUT2D eigenvalue weighted by atomic mass is 35.5. The van der Waals surface area contributed by atoms with Gasteiger partial charge in [0.1, 0.15) is 5.82 Å². The molecule has 26 heavy (non-hydrogen) atoms. The van der Waals surface area contributed by atoms with Crippen molar-refractivity contribution in [1.29, 1.82) is 0 Å². The standard InChI is InChI=1S/C19H18Cl2N4O/c20-15-5-4-14(16(21)12-15)11-18(26)24-9-6-13(7-10-24)19-23-22-17-3-1-2-8-25(17)19/h1-5,8,12-13H,6-7,9-11H2. The third-order valence-corrected chi connectivity index (χ3v) is 5.50. The summed E-state index contributed by atoms with van der Waals surface area (Å²) in [6, 6.07) is 11.1. The van der Waals surface area contributed by atoms with E-state index in [4.69, 9.17) is 23.2 Å². The van der Waals surface area contributed by atoms with Gasteiger partial charge in [-0.2, -0.15) is 0 Å². The van der Waals surface area contributed by atoms with Crippen molar-refractivity contribution >= 4 is 34.8 Å². The summed E-state index contributed by atoms with van der Waals surface area (Å²) in [4.78, 5) is 14.5. The number of amides is 1. The summed E-state index contributed by atoms with van der Waals surface area (Å²) in [5.74, 6) is 1.39. The zero-order chi connectivity index (χ0) is 18.1. The molecular weight excluding hydrogens is 371 g/mol. The van der Waals surface area contributed by atoms with Crippen molar-refractivity contribution in [2.24, 2.45) is 0 Å². The first-order chi connectivity index (χ1) is 12.6. The van der Waals surface area contributed by atoms with Crippen molar-refractivity contribution in [3.05, 3.63) is 64.0 Å². The lowest BCUT2D eigenvalue weighted by Crippen LogP contribution is -2.39. The Morgan fingerprint density at radius 3 is 2.69 bits per heavy atom. The summed E-state index contributed by atoms with van der Waals surface area (Å²) in [7, 11) is 0. The number of rotatable bonds is 3. The van der Waals surface area contributed by atoms with Gasteiger partial charge in [0.25, 0.3) is 0 Å². The van der Waals surface area contributed by atoms with E-state index in [1.807, 2.05) is 39.8 Å². The van der Waals surface area contributed by atoms with Crippen LogP contribution in [-0.2, 0) is 11.2 Å². The number of halogens is 2. The fraction of sp³-hybridized carbons (Fsp3) is 0.316. The van der Waals surface area contributed by atoms with Gasteiger partial charge in [-0.3, -0.25) is 9.20 Å². The molecule has 0 unspecified atom stereocenters. The molecule has 3 aromatic rings. The fourth-order valence-corrected chi connectivity index (χ4v) is 3.94. The summed E-state index contributed by atoms with van der Waals surface area (Å²) in [5.41, 5.74) is 1.67. The van der Waals surface area contributed by atoms with Crippen LogP contribution in [0, 0.1) is 0 Å². The van der Waals surface area contributed by atoms with Crippen molar-refractivity contribution in [3.8, 4) is 0 Å². The van der Waals surface area contributed by atoms with Crippen LogP contribution in [0.15, 0.2) is 42.6 Å². The lowest BCUT2D eigenvalue weighted by atomic mass is 9.95. The number of hydrogen-bond acceptors (Lipinski definition) is 3. The Hall–Kier alpha value is -2.11. The quantitative estimate of drug-likeness (QED) is 0.681. The van der Waals surface area contributed by atoms with E-state index >= 15 is 0 Å². The van der Waals surface area contributed by atoms with Crippen LogP contribution < -0.4 is 0 Å². The molecule has 1 aliphatic rings. The van der Waals surface area contributed by atoms with Crippen LogP contribution in [0.4, 0.5) is 0 Å². The number of aromatic nitrogens is 3. The lowest BCUT2D eigenvalue weighted by molar-refractivity contribution is -0.131. The molecule has 0 radical (unpaired) electrons. The molecular formula is C19H18Cl2N4O. The molecule has 0 atom stereocenters. The Morgan fingerprint density at radius 2 is 1.92 bits per heavy atom. The van der Waals surface area contributed by atoms with E-state index in [0.29, 0.717) is 22.4 Å². The average molecular weight is 389 g/mol. The van der Waals surface area contributed by atoms with Gasteiger partial charge in [0.15, 0.2) is 5.65 Å². The van der Waals surface area contributed by atoms with Crippen LogP contribution in [0.2, 0.25) is 10.0 Å². The van der Waals surface area contributed by atoms with E-state index in [2.05, 4.69) is 10.2 Å². The Morgan fingerprint density at radius 1 is 1.12 bits per heavy atom. The van der Waals surface area contributed by atoms with Crippen molar-refractivity contribution in [2.75, 3.05) is 13.1 Å². The van der Waals surface area contributed by atoms with E-state index in [1.165, 1.54) is 0 Å². The second kappa shape index (κ2) is 7.25. The van der Waals surface area contributed by atoms with Crippen LogP contribution in [0.1, 0.15) is 30.1 Å². The monoisotopic (exact) mass is 388 g/mol. The number of pyridine rings is 1. The van der Waals surface area contributed by atoms with Crippen molar-refractivity contribution in [3.63, 3.8) is 0 Å². The van der Waals surface area contributed by atoms with E-state index in [1.54, 1.807) is 12.1 Å². The zero-order valence-electron chi connectivity index (χ0n) is 14.1. The van der Waals surface area contributed by atoms with Crippen molar-refractivity contribution in [2.45, 2.75) is 25.2 Å². The van der Waals surface area contributed by atoms with Crippen LogP contribution in [0.5, 0.6) is 0 Å². The van der Waals surface area contributed by atoms with Gasteiger partial charge < -0.3 is 4.90 Å². The minimum absolute atomic E-state index is 0.0961. The number of carbonyl (C=O) groups excluding carboxylic acids is 1. The molecule has 1 aromatic carbocycles. The third kappa shape index (κ3) is 3.41. The molecule has 0 saturated carbocycles. The molecule has 1 saturated heterocycles. The second-order valence-electron chi connectivity index (χ2n) is 6.55. The predicted molar refractivity (Wildman–Crippen MR) is 102 cm³/mol. The largest absolute Gasteiger partial charge is 0.342 e. The third-order valence-electron chi connectivity index (χ3n) is 4.91. The number of benzene rings is 1. The summed E-state index contributed by atoms with van der Waals surface area (Å²) in [6.45, 7) is 1.44. The molecule has 5 nitrogen and oxygen atoms in total. The molecule has 0 spiro atoms. The second-order valence-corrected chi connectivity index (χ2v) is 7.40. The van der Waals surface area contributed by atoms with E-state index in [-0.39, 0.29) is 5.91 Å². The van der Waals surface area contributed by atoms with Crippen molar-refractivity contribution < 1.29 is 4.79 Å². The van der Waals surface area contributed by atoms with Gasteiger partial charge in [-0.05, 0) is 42.7 Å². The van der Waals surface area contributed by atoms with Gasteiger partial charge in [0.05, 0.1) is 6.42 Å². The van der Waals surface area contributed by atoms with Gasteiger partial charge in [0.2, 0.25) is 5.91 Å². The molecule has 134 valence electrons. The predicted octanol–water partition coefficient (Wildman–Crippen LogP) is 3.98. The molecule has 0 N–H and O–H groups in total. The van der Waals surface area contributed by atoms with Crippen LogP contribution in [-0.4, -0.2) is 38.5 Å². The first kappa shape index (κ1) is 17.3. The Kier molecular flexibility index (Phi) is 4.83. The van der Waals surface area contributed by atoms with Gasteiger partial charge >= 0.3 is 0 Å². The molecule has 1 aliphatic heterocycles. The smallest absolute Gasteiger partial charge is 0.227 e. The number of fused-ring (bicyclic) bond motifs is 1. The Labute approximate surface area is 161 Å². The lowest BCUT2D eigenvalue weighted by Gasteiger charge is -2.31. The minimum Gasteiger partial charge on any atom is -0.342 e. The molecule has 4 rings (SSSR count). The van der Waals surface area contributed by atoms with Gasteiger partial charge in [-0.1, -0.05) is 35.3 Å². The molecule has 1 amide bonds. The maximum atomic E-state index is 12.6. The minimum atomic E-state index is 0.0961. The van der Waals surface area contributed by atoms with E-state index in [9.17, 15) is 4.79 Å². The van der Waals surface area contributed by atoms with E-state index < -0.39 is 0 Å². The van der Waals surface area contributed by atoms with Crippen LogP contribution >= 0.6 is 23.2 Å². The van der Waals surface area contributed by atoms with Crippen molar-refractivity contribution in [1.82, 2.24) is 19.5 Å². The topological polar surface area (TPSA) is 50.5 Å². The number of nitrogens with zero attached hydrogens (tertiary/aromatic N) is 4. The van der Waals surface area contributed by atoms with Crippen LogP contribution in [0.3, 0.4) is 0 Å². The molecule has 0 aliphatic carbocycles. The number of piperidine rings is 1. The summed E-state index contributed by atoms with van der Waals surface area (Å²) >= 11 is 12.1. The fourth-order valence-electron chi connectivity index (χ4n) is 3.47. The number of hydrogen-bond donors (Lipinski definition) is 0. The van der Waals surface area contributed by atoms with E-state index in [0.717, 1.165) is 43.0 Å². The highest BCUT2D eigenvalue weighted by Gasteiger charge is 2.27. The maximum Gasteiger partial charge on any atom is 0.227 e. The summed E-state index contributed by atoms with van der Waals surface area (Å²) in [5, 5.41) is 9.70. The van der Waals surface area contributed by atoms with Gasteiger partial charge in [0, 0.05) is 35.2 Å². The SMILES string of the molecule is O=C(Cc1ccc(Cl)cc1Cl)N1CCC(c2nnc3ccccn23)CC1. The zero-order valence-corrected chi connectivity index (χ0v) is 15.6. The molecule has 3 heterocycles. The first-order valence-electron chi connectivity index (χ1n) is 8.63. The molecule has 1 fully saturated rings. The molecule has 0 bridgehead atoms. The number of carbonyl (C=O) groups is 1. The average Bonchev–Trinajstić information content (AvgIpc) is 3.08. The molecule has 2 aromatic heterocycles. The normalized spacial score (nSPS) is 15.5. The maximum absolute atomic E-state index is 12.6.